The Bertz CT molecular complexity index is 810. The highest BCUT2D eigenvalue weighted by atomic mass is 32.2. The zero-order chi connectivity index (χ0) is 19.6. The summed E-state index contributed by atoms with van der Waals surface area (Å²) in [7, 11) is -3.36. The molecule has 1 N–H and O–H groups in total. The number of ether oxygens (including phenoxy) is 1. The van der Waals surface area contributed by atoms with Crippen LogP contribution < -0.4 is 10.3 Å². The van der Waals surface area contributed by atoms with Crippen LogP contribution in [0.4, 0.5) is 0 Å². The lowest BCUT2D eigenvalue weighted by molar-refractivity contribution is -0.00539. The zero-order valence-electron chi connectivity index (χ0n) is 16.6. The average molecular weight is 397 g/mol. The number of aryl methyl sites for hydroxylation is 2. The Kier molecular flexibility index (Phi) is 6.43. The van der Waals surface area contributed by atoms with Gasteiger partial charge >= 0.3 is 0 Å². The van der Waals surface area contributed by atoms with Gasteiger partial charge in [-0.15, -0.1) is 0 Å². The topological polar surface area (TPSA) is 77.4 Å². The van der Waals surface area contributed by atoms with Crippen molar-refractivity contribution in [1.29, 1.82) is 0 Å². The zero-order valence-corrected chi connectivity index (χ0v) is 17.4. The summed E-state index contributed by atoms with van der Waals surface area (Å²) < 4.78 is 34.5. The monoisotopic (exact) mass is 396 g/mol. The van der Waals surface area contributed by atoms with Crippen molar-refractivity contribution in [1.82, 2.24) is 9.29 Å². The van der Waals surface area contributed by atoms with E-state index in [1.807, 2.05) is 19.1 Å². The lowest BCUT2D eigenvalue weighted by Gasteiger charge is -2.37. The minimum Gasteiger partial charge on any atom is -0.376 e. The third kappa shape index (κ3) is 5.00. The predicted molar refractivity (Wildman–Crippen MR) is 107 cm³/mol. The summed E-state index contributed by atoms with van der Waals surface area (Å²) in [6, 6.07) is 3.28. The Morgan fingerprint density at radius 1 is 1.19 bits per heavy atom. The number of hydrogen-bond donors (Lipinski definition) is 1. The molecule has 1 aliphatic carbocycles. The quantitative estimate of drug-likeness (QED) is 0.801. The molecule has 27 heavy (non-hydrogen) atoms. The first-order valence-electron chi connectivity index (χ1n) is 10.1. The number of aromatic nitrogens is 1. The lowest BCUT2D eigenvalue weighted by Crippen LogP contribution is -2.49. The van der Waals surface area contributed by atoms with Gasteiger partial charge in [0.05, 0.1) is 25.0 Å². The van der Waals surface area contributed by atoms with Crippen LogP contribution in [-0.2, 0) is 27.6 Å². The molecule has 0 spiro atoms. The lowest BCUT2D eigenvalue weighted by atomic mass is 9.89. The first-order valence-corrected chi connectivity index (χ1v) is 12.0. The number of nitrogens with one attached hydrogen (secondary N) is 1. The first kappa shape index (κ1) is 20.6. The van der Waals surface area contributed by atoms with Gasteiger partial charge in [0.15, 0.2) is 0 Å². The number of hydrogen-bond acceptors (Lipinski definition) is 4. The van der Waals surface area contributed by atoms with Crippen LogP contribution in [0.3, 0.4) is 0 Å². The molecule has 0 unspecified atom stereocenters. The van der Waals surface area contributed by atoms with Gasteiger partial charge in [-0.2, -0.15) is 0 Å². The maximum atomic E-state index is 13.0. The van der Waals surface area contributed by atoms with Gasteiger partial charge in [-0.1, -0.05) is 19.9 Å². The van der Waals surface area contributed by atoms with Crippen molar-refractivity contribution in [2.75, 3.05) is 12.9 Å². The van der Waals surface area contributed by atoms with Crippen LogP contribution in [0.2, 0.25) is 0 Å². The van der Waals surface area contributed by atoms with Crippen molar-refractivity contribution in [3.05, 3.63) is 33.7 Å². The van der Waals surface area contributed by atoms with Crippen LogP contribution in [0.15, 0.2) is 16.9 Å². The fraction of sp³-hybridized carbons (Fsp3) is 0.750. The molecule has 0 radical (unpaired) electrons. The molecular formula is C20H32N2O4S. The molecule has 152 valence electrons. The second kappa shape index (κ2) is 8.45. The molecule has 0 amide bonds. The molecule has 0 bridgehead atoms. The van der Waals surface area contributed by atoms with Gasteiger partial charge in [0, 0.05) is 17.3 Å². The van der Waals surface area contributed by atoms with Gasteiger partial charge in [-0.05, 0) is 56.9 Å². The van der Waals surface area contributed by atoms with Crippen molar-refractivity contribution >= 4 is 10.0 Å². The minimum absolute atomic E-state index is 0.0131. The van der Waals surface area contributed by atoms with E-state index in [1.165, 1.54) is 6.26 Å². The van der Waals surface area contributed by atoms with Crippen LogP contribution in [-0.4, -0.2) is 38.0 Å². The van der Waals surface area contributed by atoms with Gasteiger partial charge in [0.2, 0.25) is 10.0 Å². The van der Waals surface area contributed by atoms with E-state index in [1.54, 1.807) is 4.57 Å². The van der Waals surface area contributed by atoms with Crippen LogP contribution >= 0.6 is 0 Å². The van der Waals surface area contributed by atoms with Crippen molar-refractivity contribution in [2.24, 2.45) is 5.92 Å². The van der Waals surface area contributed by atoms with Crippen molar-refractivity contribution in [3.63, 3.8) is 0 Å². The molecule has 6 nitrogen and oxygen atoms in total. The van der Waals surface area contributed by atoms with E-state index in [0.29, 0.717) is 25.9 Å². The van der Waals surface area contributed by atoms with E-state index < -0.39 is 10.0 Å². The van der Waals surface area contributed by atoms with Gasteiger partial charge in [0.1, 0.15) is 0 Å². The Labute approximate surface area is 162 Å². The van der Waals surface area contributed by atoms with E-state index in [2.05, 4.69) is 11.6 Å². The van der Waals surface area contributed by atoms with E-state index in [4.69, 9.17) is 4.74 Å². The standard InChI is InChI=1S/C20H32N2O4S/c1-4-15-7-8-16-9-12-18(21-27(3,24)25)19(22(16)20(15)23)13-26-17-10-5-14(2)6-11-17/h7-8,14,17-19,21H,4-6,9-13H2,1-3H3/t14?,17?,18-,19-/m0/s1. The molecule has 2 heterocycles. The summed E-state index contributed by atoms with van der Waals surface area (Å²) in [5.41, 5.74) is 1.71. The molecule has 2 atom stereocenters. The third-order valence-electron chi connectivity index (χ3n) is 6.00. The number of pyridine rings is 1. The molecule has 1 aromatic rings. The van der Waals surface area contributed by atoms with Gasteiger partial charge in [0.25, 0.3) is 5.56 Å². The van der Waals surface area contributed by atoms with Gasteiger partial charge < -0.3 is 9.30 Å². The molecule has 7 heteroatoms. The molecule has 3 rings (SSSR count). The highest BCUT2D eigenvalue weighted by Gasteiger charge is 2.33. The summed E-state index contributed by atoms with van der Waals surface area (Å²) >= 11 is 0. The Morgan fingerprint density at radius 2 is 1.89 bits per heavy atom. The summed E-state index contributed by atoms with van der Waals surface area (Å²) in [4.78, 5) is 13.0. The summed E-state index contributed by atoms with van der Waals surface area (Å²) in [5.74, 6) is 0.745. The second-order valence-corrected chi connectivity index (χ2v) is 9.98. The fourth-order valence-corrected chi connectivity index (χ4v) is 5.20. The average Bonchev–Trinajstić information content (AvgIpc) is 2.61. The maximum absolute atomic E-state index is 13.0. The summed E-state index contributed by atoms with van der Waals surface area (Å²) in [6.45, 7) is 4.60. The van der Waals surface area contributed by atoms with Crippen LogP contribution in [0.5, 0.6) is 0 Å². The number of nitrogens with zero attached hydrogens (tertiary/aromatic N) is 1. The van der Waals surface area contributed by atoms with Gasteiger partial charge in [-0.25, -0.2) is 13.1 Å². The Hall–Kier alpha value is -1.18. The van der Waals surface area contributed by atoms with Crippen LogP contribution in [0.1, 0.15) is 63.3 Å². The maximum Gasteiger partial charge on any atom is 0.254 e. The normalized spacial score (nSPS) is 28.7. The van der Waals surface area contributed by atoms with Crippen LogP contribution in [0.25, 0.3) is 0 Å². The first-order chi connectivity index (χ1) is 12.8. The Morgan fingerprint density at radius 3 is 2.52 bits per heavy atom. The van der Waals surface area contributed by atoms with Gasteiger partial charge in [-0.3, -0.25) is 4.79 Å². The van der Waals surface area contributed by atoms with E-state index in [9.17, 15) is 13.2 Å². The molecule has 1 aromatic heterocycles. The molecule has 0 aromatic carbocycles. The summed E-state index contributed by atoms with van der Waals surface area (Å²) in [6.07, 6.45) is 7.80. The molecular weight excluding hydrogens is 364 g/mol. The SMILES string of the molecule is CCc1ccc2n(c1=O)[C@@H](COC1CCC(C)CC1)[C@@H](NS(C)(=O)=O)CC2. The van der Waals surface area contributed by atoms with Crippen molar-refractivity contribution in [3.8, 4) is 0 Å². The number of sulfonamides is 1. The second-order valence-electron chi connectivity index (χ2n) is 8.20. The predicted octanol–water partition coefficient (Wildman–Crippen LogP) is 2.41. The Balaban J connectivity index is 1.86. The molecule has 0 saturated heterocycles. The highest BCUT2D eigenvalue weighted by molar-refractivity contribution is 7.88. The van der Waals surface area contributed by atoms with Crippen molar-refractivity contribution < 1.29 is 13.2 Å². The van der Waals surface area contributed by atoms with E-state index in [0.717, 1.165) is 42.9 Å². The third-order valence-corrected chi connectivity index (χ3v) is 6.73. The molecule has 1 fully saturated rings. The largest absolute Gasteiger partial charge is 0.376 e. The fourth-order valence-electron chi connectivity index (χ4n) is 4.38. The molecule has 1 saturated carbocycles. The molecule has 1 aliphatic heterocycles. The van der Waals surface area contributed by atoms with Crippen molar-refractivity contribution in [2.45, 2.75) is 77.0 Å². The highest BCUT2D eigenvalue weighted by Crippen LogP contribution is 2.29. The number of rotatable bonds is 6. The van der Waals surface area contributed by atoms with E-state index >= 15 is 0 Å². The summed E-state index contributed by atoms with van der Waals surface area (Å²) in [5, 5.41) is 0. The minimum atomic E-state index is -3.36. The number of fused-ring (bicyclic) bond motifs is 1. The van der Waals surface area contributed by atoms with E-state index in [-0.39, 0.29) is 23.7 Å². The molecule has 2 aliphatic rings. The smallest absolute Gasteiger partial charge is 0.254 e. The van der Waals surface area contributed by atoms with Crippen LogP contribution in [0, 0.1) is 5.92 Å².